The maximum absolute atomic E-state index is 5.79. The first kappa shape index (κ1) is 10.4. The highest BCUT2D eigenvalue weighted by molar-refractivity contribution is 7.10. The summed E-state index contributed by atoms with van der Waals surface area (Å²) < 4.78 is 0. The summed E-state index contributed by atoms with van der Waals surface area (Å²) in [5.41, 5.74) is 8.19. The number of terminal acetylenes is 1. The minimum absolute atomic E-state index is 0.687. The molecule has 0 aliphatic heterocycles. The van der Waals surface area contributed by atoms with Crippen LogP contribution in [-0.2, 0) is 0 Å². The van der Waals surface area contributed by atoms with Gasteiger partial charge in [-0.25, -0.2) is 0 Å². The zero-order chi connectivity index (χ0) is 11.4. The van der Waals surface area contributed by atoms with Gasteiger partial charge in [0.25, 0.3) is 0 Å². The number of nitrogen functional groups attached to an aromatic ring is 1. The first-order chi connectivity index (χ1) is 7.81. The van der Waals surface area contributed by atoms with E-state index in [-0.39, 0.29) is 0 Å². The normalized spacial score (nSPS) is 8.94. The summed E-state index contributed by atoms with van der Waals surface area (Å²) in [6.07, 6.45) is 5.36. The van der Waals surface area contributed by atoms with Crippen LogP contribution in [-0.4, -0.2) is 0 Å². The van der Waals surface area contributed by atoms with E-state index in [0.29, 0.717) is 5.69 Å². The highest BCUT2D eigenvalue weighted by atomic mass is 32.1. The number of benzene rings is 1. The Labute approximate surface area is 98.9 Å². The van der Waals surface area contributed by atoms with Crippen LogP contribution in [0.25, 0.3) is 0 Å². The van der Waals surface area contributed by atoms with Gasteiger partial charge in [-0.15, -0.1) is 17.8 Å². The van der Waals surface area contributed by atoms with Crippen LogP contribution in [0.4, 0.5) is 5.69 Å². The summed E-state index contributed by atoms with van der Waals surface area (Å²) >= 11 is 1.52. The van der Waals surface area contributed by atoms with Crippen LogP contribution in [0.1, 0.15) is 16.0 Å². The molecule has 2 heteroatoms. The van der Waals surface area contributed by atoms with Crippen LogP contribution in [0.5, 0.6) is 0 Å². The first-order valence-corrected chi connectivity index (χ1v) is 5.60. The average molecular weight is 223 g/mol. The lowest BCUT2D eigenvalue weighted by Gasteiger charge is -1.94. The molecular weight excluding hydrogens is 214 g/mol. The van der Waals surface area contributed by atoms with Crippen molar-refractivity contribution in [1.29, 1.82) is 0 Å². The van der Waals surface area contributed by atoms with Crippen LogP contribution in [0.15, 0.2) is 35.7 Å². The van der Waals surface area contributed by atoms with E-state index in [1.165, 1.54) is 11.3 Å². The molecule has 1 aromatic carbocycles. The van der Waals surface area contributed by atoms with Gasteiger partial charge in [0.2, 0.25) is 0 Å². The Balaban J connectivity index is 2.37. The van der Waals surface area contributed by atoms with Crippen molar-refractivity contribution < 1.29 is 0 Å². The molecule has 2 aromatic rings. The molecule has 0 spiro atoms. The summed E-state index contributed by atoms with van der Waals surface area (Å²) in [5.74, 6) is 8.68. The van der Waals surface area contributed by atoms with E-state index in [4.69, 9.17) is 12.2 Å². The van der Waals surface area contributed by atoms with Gasteiger partial charge in [-0.3, -0.25) is 0 Å². The van der Waals surface area contributed by atoms with Crippen molar-refractivity contribution in [1.82, 2.24) is 0 Å². The number of thiophene rings is 1. The number of hydrogen-bond acceptors (Lipinski definition) is 2. The number of nitrogens with two attached hydrogens (primary N) is 1. The van der Waals surface area contributed by atoms with Gasteiger partial charge in [0.05, 0.1) is 10.4 Å². The molecule has 0 aliphatic carbocycles. The van der Waals surface area contributed by atoms with Crippen molar-refractivity contribution in [3.05, 3.63) is 51.7 Å². The largest absolute Gasteiger partial charge is 0.398 e. The van der Waals surface area contributed by atoms with Crippen LogP contribution >= 0.6 is 11.3 Å². The predicted molar refractivity (Wildman–Crippen MR) is 69.1 cm³/mol. The van der Waals surface area contributed by atoms with E-state index < -0.39 is 0 Å². The number of hydrogen-bond donors (Lipinski definition) is 1. The van der Waals surface area contributed by atoms with Crippen LogP contribution < -0.4 is 5.73 Å². The zero-order valence-electron chi connectivity index (χ0n) is 8.53. The fraction of sp³-hybridized carbons (Fsp3) is 0. The average Bonchev–Trinajstić information content (AvgIpc) is 2.75. The molecular formula is C14H9NS. The van der Waals surface area contributed by atoms with E-state index >= 15 is 0 Å². The smallest absolute Gasteiger partial charge is 0.0922 e. The Morgan fingerprint density at radius 3 is 2.56 bits per heavy atom. The third kappa shape index (κ3) is 2.08. The maximum atomic E-state index is 5.79. The molecule has 76 valence electrons. The summed E-state index contributed by atoms with van der Waals surface area (Å²) in [6.45, 7) is 0. The van der Waals surface area contributed by atoms with Gasteiger partial charge in [-0.1, -0.05) is 29.9 Å². The SMILES string of the molecule is C#Cc1sccc1C#Cc1ccccc1N. The van der Waals surface area contributed by atoms with Crippen molar-refractivity contribution in [2.45, 2.75) is 0 Å². The molecule has 0 bridgehead atoms. The fourth-order valence-corrected chi connectivity index (χ4v) is 1.92. The minimum atomic E-state index is 0.687. The summed E-state index contributed by atoms with van der Waals surface area (Å²) in [6, 6.07) is 9.45. The molecule has 0 saturated heterocycles. The Bertz CT molecular complexity index is 599. The van der Waals surface area contributed by atoms with Crippen molar-refractivity contribution in [3.8, 4) is 24.2 Å². The predicted octanol–water partition coefficient (Wildman–Crippen LogP) is 2.71. The number of para-hydroxylation sites is 1. The molecule has 1 aromatic heterocycles. The van der Waals surface area contributed by atoms with Crippen LogP contribution in [0, 0.1) is 24.2 Å². The van der Waals surface area contributed by atoms with E-state index in [1.807, 2.05) is 35.7 Å². The molecule has 16 heavy (non-hydrogen) atoms. The summed E-state index contributed by atoms with van der Waals surface area (Å²) in [5, 5.41) is 1.94. The molecule has 0 unspecified atom stereocenters. The Hall–Kier alpha value is -2.16. The molecule has 0 radical (unpaired) electrons. The van der Waals surface area contributed by atoms with Crippen LogP contribution in [0.3, 0.4) is 0 Å². The zero-order valence-corrected chi connectivity index (χ0v) is 9.34. The molecule has 0 amide bonds. The number of anilines is 1. The fourth-order valence-electron chi connectivity index (χ4n) is 1.26. The van der Waals surface area contributed by atoms with Gasteiger partial charge in [0.15, 0.2) is 0 Å². The maximum Gasteiger partial charge on any atom is 0.0922 e. The van der Waals surface area contributed by atoms with Crippen molar-refractivity contribution in [2.24, 2.45) is 0 Å². The van der Waals surface area contributed by atoms with Gasteiger partial charge in [-0.2, -0.15) is 0 Å². The van der Waals surface area contributed by atoms with Gasteiger partial charge >= 0.3 is 0 Å². The minimum Gasteiger partial charge on any atom is -0.398 e. The van der Waals surface area contributed by atoms with Gasteiger partial charge in [0.1, 0.15) is 0 Å². The second kappa shape index (κ2) is 4.57. The lowest BCUT2D eigenvalue weighted by atomic mass is 10.1. The summed E-state index contributed by atoms with van der Waals surface area (Å²) in [7, 11) is 0. The van der Waals surface area contributed by atoms with E-state index in [9.17, 15) is 0 Å². The van der Waals surface area contributed by atoms with Crippen molar-refractivity contribution in [3.63, 3.8) is 0 Å². The topological polar surface area (TPSA) is 26.0 Å². The molecule has 1 nitrogen and oxygen atoms in total. The van der Waals surface area contributed by atoms with Crippen molar-refractivity contribution in [2.75, 3.05) is 5.73 Å². The Morgan fingerprint density at radius 1 is 1.06 bits per heavy atom. The number of rotatable bonds is 0. The second-order valence-corrected chi connectivity index (χ2v) is 4.06. The molecule has 1 heterocycles. The standard InChI is InChI=1S/C14H9NS/c1-2-14-12(9-10-16-14)8-7-11-5-3-4-6-13(11)15/h1,3-6,9-10H,15H2. The quantitative estimate of drug-likeness (QED) is 0.539. The highest BCUT2D eigenvalue weighted by Crippen LogP contribution is 2.14. The van der Waals surface area contributed by atoms with E-state index in [0.717, 1.165) is 16.0 Å². The van der Waals surface area contributed by atoms with Gasteiger partial charge < -0.3 is 5.73 Å². The Kier molecular flexibility index (Phi) is 2.96. The first-order valence-electron chi connectivity index (χ1n) is 4.72. The third-order valence-corrected chi connectivity index (χ3v) is 2.93. The highest BCUT2D eigenvalue weighted by Gasteiger charge is 1.97. The van der Waals surface area contributed by atoms with E-state index in [1.54, 1.807) is 0 Å². The lowest BCUT2D eigenvalue weighted by molar-refractivity contribution is 1.63. The molecule has 0 saturated carbocycles. The molecule has 0 fully saturated rings. The van der Waals surface area contributed by atoms with E-state index in [2.05, 4.69) is 17.8 Å². The summed E-state index contributed by atoms with van der Waals surface area (Å²) in [4.78, 5) is 0.863. The second-order valence-electron chi connectivity index (χ2n) is 3.14. The Morgan fingerprint density at radius 2 is 1.81 bits per heavy atom. The van der Waals surface area contributed by atoms with Gasteiger partial charge in [0, 0.05) is 11.3 Å². The molecule has 2 rings (SSSR count). The molecule has 0 aliphatic rings. The monoisotopic (exact) mass is 223 g/mol. The van der Waals surface area contributed by atoms with Crippen molar-refractivity contribution >= 4 is 17.0 Å². The molecule has 2 N–H and O–H groups in total. The molecule has 0 atom stereocenters. The lowest BCUT2D eigenvalue weighted by Crippen LogP contribution is -1.88. The third-order valence-electron chi connectivity index (χ3n) is 2.09. The van der Waals surface area contributed by atoms with Crippen LogP contribution in [0.2, 0.25) is 0 Å². The van der Waals surface area contributed by atoms with Gasteiger partial charge in [-0.05, 0) is 23.6 Å².